The summed E-state index contributed by atoms with van der Waals surface area (Å²) >= 11 is 1.40. The summed E-state index contributed by atoms with van der Waals surface area (Å²) in [5, 5.41) is 9.31. The van der Waals surface area contributed by atoms with Crippen LogP contribution in [0.4, 0.5) is 0 Å². The second-order valence-corrected chi connectivity index (χ2v) is 7.95. The molecule has 0 atom stereocenters. The molecule has 4 heterocycles. The molecule has 0 radical (unpaired) electrons. The van der Waals surface area contributed by atoms with E-state index in [1.165, 1.54) is 16.2 Å². The third-order valence-electron chi connectivity index (χ3n) is 5.29. The molecule has 2 aliphatic heterocycles. The Morgan fingerprint density at radius 2 is 2.23 bits per heavy atom. The van der Waals surface area contributed by atoms with Crippen LogP contribution in [0.15, 0.2) is 24.4 Å². The molecule has 0 unspecified atom stereocenters. The van der Waals surface area contributed by atoms with Crippen LogP contribution in [0.5, 0.6) is 5.75 Å². The molecule has 0 saturated carbocycles. The molecule has 1 saturated heterocycles. The van der Waals surface area contributed by atoms with Gasteiger partial charge in [0.2, 0.25) is 0 Å². The van der Waals surface area contributed by atoms with Crippen molar-refractivity contribution in [3.63, 3.8) is 0 Å². The molecule has 7 heteroatoms. The number of hydrogen-bond donors (Lipinski definition) is 1. The van der Waals surface area contributed by atoms with Crippen LogP contribution in [-0.2, 0) is 23.3 Å². The zero-order valence-electron chi connectivity index (χ0n) is 14.7. The van der Waals surface area contributed by atoms with Gasteiger partial charge in [0.1, 0.15) is 10.6 Å². The van der Waals surface area contributed by atoms with E-state index in [1.807, 2.05) is 18.2 Å². The summed E-state index contributed by atoms with van der Waals surface area (Å²) in [7, 11) is 1.66. The molecule has 6 nitrogen and oxygen atoms in total. The van der Waals surface area contributed by atoms with Gasteiger partial charge in [0.15, 0.2) is 0 Å². The minimum absolute atomic E-state index is 0.323. The van der Waals surface area contributed by atoms with Crippen LogP contribution in [0.2, 0.25) is 0 Å². The predicted molar refractivity (Wildman–Crippen MR) is 97.9 cm³/mol. The van der Waals surface area contributed by atoms with Crippen molar-refractivity contribution in [3.8, 4) is 5.75 Å². The first-order chi connectivity index (χ1) is 12.6. The Labute approximate surface area is 156 Å². The predicted octanol–water partition coefficient (Wildman–Crippen LogP) is 2.91. The first kappa shape index (κ1) is 17.5. The number of aromatic nitrogens is 1. The second-order valence-electron chi connectivity index (χ2n) is 6.81. The number of methoxy groups -OCH3 is 1. The highest BCUT2D eigenvalue weighted by Gasteiger charge is 2.42. The van der Waals surface area contributed by atoms with E-state index in [4.69, 9.17) is 9.47 Å². The van der Waals surface area contributed by atoms with Crippen LogP contribution in [0, 0.1) is 0 Å². The number of fused-ring (bicyclic) bond motifs is 2. The van der Waals surface area contributed by atoms with Gasteiger partial charge in [0.05, 0.1) is 25.0 Å². The lowest BCUT2D eigenvalue weighted by Crippen LogP contribution is -2.46. The minimum Gasteiger partial charge on any atom is -0.497 e. The summed E-state index contributed by atoms with van der Waals surface area (Å²) in [5.41, 5.74) is 1.77. The summed E-state index contributed by atoms with van der Waals surface area (Å²) < 4.78 is 11.5. The van der Waals surface area contributed by atoms with Gasteiger partial charge in [-0.3, -0.25) is 9.88 Å². The summed E-state index contributed by atoms with van der Waals surface area (Å²) in [6.07, 6.45) is 4.33. The molecule has 4 rings (SSSR count). The summed E-state index contributed by atoms with van der Waals surface area (Å²) in [6.45, 7) is 3.25. The molecule has 1 spiro atoms. The maximum absolute atomic E-state index is 11.3. The average molecular weight is 374 g/mol. The highest BCUT2D eigenvalue weighted by Crippen LogP contribution is 2.44. The molecule has 2 aliphatic rings. The second kappa shape index (κ2) is 6.98. The average Bonchev–Trinajstić information content (AvgIpc) is 3.10. The minimum atomic E-state index is -0.846. The van der Waals surface area contributed by atoms with E-state index in [2.05, 4.69) is 9.88 Å². The zero-order valence-corrected chi connectivity index (χ0v) is 15.6. The van der Waals surface area contributed by atoms with Gasteiger partial charge in [0.25, 0.3) is 0 Å². The Hall–Kier alpha value is -1.96. The van der Waals surface area contributed by atoms with Crippen molar-refractivity contribution < 1.29 is 19.4 Å². The molecule has 0 aliphatic carbocycles. The Balaban J connectivity index is 1.47. The van der Waals surface area contributed by atoms with Crippen molar-refractivity contribution in [3.05, 3.63) is 45.4 Å². The lowest BCUT2D eigenvalue weighted by atomic mass is 9.82. The number of carboxylic acids is 1. The fraction of sp³-hybridized carbons (Fsp3) is 0.474. The number of rotatable bonds is 4. The van der Waals surface area contributed by atoms with E-state index in [-0.39, 0.29) is 5.60 Å². The molecule has 2 aromatic heterocycles. The van der Waals surface area contributed by atoms with Gasteiger partial charge in [0, 0.05) is 43.2 Å². The van der Waals surface area contributed by atoms with Gasteiger partial charge >= 0.3 is 5.97 Å². The molecule has 0 amide bonds. The Kier molecular flexibility index (Phi) is 4.69. The molecule has 0 aromatic carbocycles. The summed E-state index contributed by atoms with van der Waals surface area (Å²) in [5.74, 6) is -0.0238. The third-order valence-corrected chi connectivity index (χ3v) is 6.47. The number of thiophene rings is 1. The van der Waals surface area contributed by atoms with E-state index in [9.17, 15) is 9.90 Å². The first-order valence-electron chi connectivity index (χ1n) is 8.81. The Morgan fingerprint density at radius 3 is 2.96 bits per heavy atom. The van der Waals surface area contributed by atoms with Gasteiger partial charge in [-0.05, 0) is 30.5 Å². The zero-order chi connectivity index (χ0) is 18.1. The van der Waals surface area contributed by atoms with Crippen LogP contribution < -0.4 is 4.74 Å². The van der Waals surface area contributed by atoms with E-state index in [1.54, 1.807) is 13.3 Å². The fourth-order valence-electron chi connectivity index (χ4n) is 3.91. The van der Waals surface area contributed by atoms with Crippen molar-refractivity contribution in [1.82, 2.24) is 9.88 Å². The van der Waals surface area contributed by atoms with E-state index < -0.39 is 5.97 Å². The smallest absolute Gasteiger partial charge is 0.345 e. The van der Waals surface area contributed by atoms with E-state index >= 15 is 0 Å². The lowest BCUT2D eigenvalue weighted by molar-refractivity contribution is -0.0982. The van der Waals surface area contributed by atoms with Crippen molar-refractivity contribution in [2.45, 2.75) is 31.4 Å². The Morgan fingerprint density at radius 1 is 1.42 bits per heavy atom. The van der Waals surface area contributed by atoms with Crippen molar-refractivity contribution >= 4 is 17.3 Å². The number of piperidine rings is 1. The monoisotopic (exact) mass is 374 g/mol. The number of pyridine rings is 1. The largest absolute Gasteiger partial charge is 0.497 e. The van der Waals surface area contributed by atoms with Gasteiger partial charge < -0.3 is 14.6 Å². The highest BCUT2D eigenvalue weighted by molar-refractivity contribution is 7.14. The van der Waals surface area contributed by atoms with Crippen LogP contribution in [0.25, 0.3) is 0 Å². The lowest BCUT2D eigenvalue weighted by Gasteiger charge is -2.44. The van der Waals surface area contributed by atoms with E-state index in [0.717, 1.165) is 55.9 Å². The number of carbonyl (C=O) groups is 1. The molecule has 26 heavy (non-hydrogen) atoms. The first-order valence-corrected chi connectivity index (χ1v) is 9.63. The molecule has 2 aromatic rings. The topological polar surface area (TPSA) is 71.9 Å². The van der Waals surface area contributed by atoms with Crippen LogP contribution in [0.3, 0.4) is 0 Å². The molecular formula is C19H22N2O4S. The Bertz CT molecular complexity index is 812. The van der Waals surface area contributed by atoms with Crippen molar-refractivity contribution in [2.24, 2.45) is 0 Å². The normalized spacial score (nSPS) is 19.3. The van der Waals surface area contributed by atoms with Crippen LogP contribution in [-0.4, -0.2) is 47.8 Å². The summed E-state index contributed by atoms with van der Waals surface area (Å²) in [4.78, 5) is 19.7. The quantitative estimate of drug-likeness (QED) is 0.887. The fourth-order valence-corrected chi connectivity index (χ4v) is 4.98. The van der Waals surface area contributed by atoms with E-state index in [0.29, 0.717) is 11.5 Å². The van der Waals surface area contributed by atoms with Gasteiger partial charge in [-0.1, -0.05) is 0 Å². The van der Waals surface area contributed by atoms with Gasteiger partial charge in [-0.25, -0.2) is 4.79 Å². The molecule has 0 bridgehead atoms. The molecule has 1 N–H and O–H groups in total. The van der Waals surface area contributed by atoms with Gasteiger partial charge in [-0.15, -0.1) is 11.3 Å². The highest BCUT2D eigenvalue weighted by atomic mass is 32.1. The van der Waals surface area contributed by atoms with Crippen molar-refractivity contribution in [2.75, 3.05) is 26.8 Å². The third kappa shape index (κ3) is 3.22. The SMILES string of the molecule is COc1ccnc(CN2CCC3(CC2)OCCc2sc(C(=O)O)cc23)c1. The van der Waals surface area contributed by atoms with Gasteiger partial charge in [-0.2, -0.15) is 0 Å². The number of carboxylic acid groups (broad SMARTS) is 1. The number of likely N-dealkylation sites (tertiary alicyclic amines) is 1. The van der Waals surface area contributed by atoms with Crippen LogP contribution >= 0.6 is 11.3 Å². The standard InChI is InChI=1S/C19H22N2O4S/c1-24-14-2-6-20-13(10-14)12-21-7-4-19(5-8-21)15-11-17(18(22)23)26-16(15)3-9-25-19/h2,6,10-11H,3-5,7-9,12H2,1H3,(H,22,23). The molecule has 138 valence electrons. The van der Waals surface area contributed by atoms with Crippen LogP contribution in [0.1, 0.15) is 38.6 Å². The molecule has 1 fully saturated rings. The summed E-state index contributed by atoms with van der Waals surface area (Å²) in [6, 6.07) is 5.65. The number of aromatic carboxylic acids is 1. The van der Waals surface area contributed by atoms with Crippen molar-refractivity contribution in [1.29, 1.82) is 0 Å². The number of hydrogen-bond acceptors (Lipinski definition) is 6. The number of nitrogens with zero attached hydrogens (tertiary/aromatic N) is 2. The number of ether oxygens (including phenoxy) is 2. The maximum atomic E-state index is 11.3. The maximum Gasteiger partial charge on any atom is 0.345 e. The molecular weight excluding hydrogens is 352 g/mol.